The molecule has 0 radical (unpaired) electrons. The molecule has 0 spiro atoms. The van der Waals surface area contributed by atoms with Gasteiger partial charge in [-0.2, -0.15) is 0 Å². The number of fused-ring (bicyclic) bond motifs is 10. The highest BCUT2D eigenvalue weighted by molar-refractivity contribution is 9.10. The minimum atomic E-state index is -0.127. The molecule has 0 saturated heterocycles. The van der Waals surface area contributed by atoms with Gasteiger partial charge in [-0.1, -0.05) is 104 Å². The summed E-state index contributed by atoms with van der Waals surface area (Å²) in [5.41, 5.74) is 9.30. The van der Waals surface area contributed by atoms with E-state index in [1.54, 1.807) is 5.56 Å². The number of halogens is 1. The van der Waals surface area contributed by atoms with E-state index in [9.17, 15) is 10.2 Å². The Morgan fingerprint density at radius 1 is 0.651 bits per heavy atom. The summed E-state index contributed by atoms with van der Waals surface area (Å²) in [6, 6.07) is 20.4. The maximum Gasteiger partial charge on any atom is 0.0551 e. The van der Waals surface area contributed by atoms with Gasteiger partial charge in [0, 0.05) is 4.47 Å². The third-order valence-corrected chi connectivity index (χ3v) is 12.1. The van der Waals surface area contributed by atoms with Crippen LogP contribution < -0.4 is 0 Å². The lowest BCUT2D eigenvalue weighted by Crippen LogP contribution is -2.26. The fourth-order valence-electron chi connectivity index (χ4n) is 9.30. The summed E-state index contributed by atoms with van der Waals surface area (Å²) in [6.45, 7) is 9.08. The van der Waals surface area contributed by atoms with Crippen LogP contribution in [0.1, 0.15) is 112 Å². The van der Waals surface area contributed by atoms with Crippen LogP contribution in [0.4, 0.5) is 0 Å². The molecule has 6 atom stereocenters. The van der Waals surface area contributed by atoms with Crippen molar-refractivity contribution >= 4 is 37.5 Å². The van der Waals surface area contributed by atoms with Crippen molar-refractivity contribution in [1.29, 1.82) is 0 Å². The van der Waals surface area contributed by atoms with Crippen LogP contribution in [0.15, 0.2) is 59.1 Å². The first-order valence-corrected chi connectivity index (χ1v) is 16.4. The molecule has 0 amide bonds. The Hall–Kier alpha value is -2.20. The van der Waals surface area contributed by atoms with Crippen LogP contribution in [-0.4, -0.2) is 22.4 Å². The van der Waals surface area contributed by atoms with Crippen molar-refractivity contribution in [3.05, 3.63) is 92.5 Å². The molecule has 4 aliphatic rings. The van der Waals surface area contributed by atoms with Gasteiger partial charge >= 0.3 is 0 Å². The molecule has 2 nitrogen and oxygen atoms in total. The summed E-state index contributed by atoms with van der Waals surface area (Å²) in [5.74, 6) is 1.06. The molecule has 4 aromatic rings. The molecule has 3 heteroatoms. The number of rotatable bonds is 0. The van der Waals surface area contributed by atoms with E-state index in [0.29, 0.717) is 17.3 Å². The highest BCUT2D eigenvalue weighted by atomic mass is 79.9. The van der Waals surface area contributed by atoms with Gasteiger partial charge < -0.3 is 10.2 Å². The first kappa shape index (κ1) is 32.2. The summed E-state index contributed by atoms with van der Waals surface area (Å²) in [6.07, 6.45) is 8.29. The van der Waals surface area contributed by atoms with Crippen LogP contribution in [0.25, 0.3) is 21.5 Å². The lowest BCUT2D eigenvalue weighted by molar-refractivity contribution is 0.159. The van der Waals surface area contributed by atoms with Gasteiger partial charge in [0.25, 0.3) is 0 Å². The highest BCUT2D eigenvalue weighted by Gasteiger charge is 2.48. The number of aliphatic hydroxyl groups is 2. The minimum Gasteiger partial charge on any atom is -0.393 e. The zero-order valence-corrected chi connectivity index (χ0v) is 26.5. The molecule has 0 heterocycles. The maximum atomic E-state index is 10.2. The van der Waals surface area contributed by atoms with Crippen LogP contribution in [0.2, 0.25) is 0 Å². The lowest BCUT2D eigenvalue weighted by atomic mass is 9.66. The highest BCUT2D eigenvalue weighted by Crippen LogP contribution is 2.58. The Morgan fingerprint density at radius 2 is 1.16 bits per heavy atom. The van der Waals surface area contributed by atoms with Crippen molar-refractivity contribution in [1.82, 2.24) is 0 Å². The molecular weight excluding hydrogens is 592 g/mol. The SMILES string of the molecule is C.C.Cc1ccc2c(Br)cc3c(c2c1)CC[C@]1(C)C[C@@H](O)C[C@@H]31.Cc1ccc2ccc3c(c2c1)CC[C@]1(C)C[C@@H](O)C[C@@H]31. The third-order valence-electron chi connectivity index (χ3n) is 11.5. The van der Waals surface area contributed by atoms with E-state index in [4.69, 9.17) is 0 Å². The molecule has 0 unspecified atom stereocenters. The molecule has 230 valence electrons. The Bertz CT molecular complexity index is 1670. The van der Waals surface area contributed by atoms with Gasteiger partial charge in [0.05, 0.1) is 12.2 Å². The topological polar surface area (TPSA) is 40.5 Å². The Morgan fingerprint density at radius 3 is 1.79 bits per heavy atom. The predicted octanol–water partition coefficient (Wildman–Crippen LogP) is 10.7. The molecule has 0 aliphatic heterocycles. The number of hydrogen-bond donors (Lipinski definition) is 2. The molecule has 2 N–H and O–H groups in total. The first-order valence-electron chi connectivity index (χ1n) is 15.6. The summed E-state index contributed by atoms with van der Waals surface area (Å²) >= 11 is 3.77. The Labute approximate surface area is 268 Å². The average molecular weight is 644 g/mol. The lowest BCUT2D eigenvalue weighted by Gasteiger charge is -2.38. The first-order chi connectivity index (χ1) is 19.5. The van der Waals surface area contributed by atoms with Crippen molar-refractivity contribution in [2.75, 3.05) is 0 Å². The zero-order valence-electron chi connectivity index (χ0n) is 24.9. The summed E-state index contributed by atoms with van der Waals surface area (Å²) in [4.78, 5) is 0. The van der Waals surface area contributed by atoms with Crippen molar-refractivity contribution < 1.29 is 10.2 Å². The molecule has 8 rings (SSSR count). The second-order valence-electron chi connectivity index (χ2n) is 14.4. The number of benzene rings is 4. The fraction of sp³-hybridized carbons (Fsp3) is 0.500. The Balaban J connectivity index is 0.000000164. The smallest absolute Gasteiger partial charge is 0.0551 e. The van der Waals surface area contributed by atoms with Crippen LogP contribution in [0.3, 0.4) is 0 Å². The van der Waals surface area contributed by atoms with Gasteiger partial charge in [-0.05, 0) is 138 Å². The molecule has 43 heavy (non-hydrogen) atoms. The van der Waals surface area contributed by atoms with Crippen molar-refractivity contribution in [3.8, 4) is 0 Å². The number of aliphatic hydroxyl groups excluding tert-OH is 2. The monoisotopic (exact) mass is 642 g/mol. The molecule has 2 fully saturated rings. The van der Waals surface area contributed by atoms with Gasteiger partial charge in [0.2, 0.25) is 0 Å². The summed E-state index contributed by atoms with van der Waals surface area (Å²) < 4.78 is 1.20. The summed E-state index contributed by atoms with van der Waals surface area (Å²) in [5, 5.41) is 25.8. The van der Waals surface area contributed by atoms with E-state index in [2.05, 4.69) is 98.2 Å². The van der Waals surface area contributed by atoms with Crippen LogP contribution >= 0.6 is 15.9 Å². The van der Waals surface area contributed by atoms with E-state index in [1.165, 1.54) is 66.7 Å². The van der Waals surface area contributed by atoms with Crippen molar-refractivity contribution in [3.63, 3.8) is 0 Å². The summed E-state index contributed by atoms with van der Waals surface area (Å²) in [7, 11) is 0. The van der Waals surface area contributed by atoms with Crippen molar-refractivity contribution in [2.24, 2.45) is 10.8 Å². The van der Waals surface area contributed by atoms with E-state index in [-0.39, 0.29) is 32.5 Å². The van der Waals surface area contributed by atoms with Crippen LogP contribution in [-0.2, 0) is 12.8 Å². The van der Waals surface area contributed by atoms with Crippen molar-refractivity contribution in [2.45, 2.75) is 118 Å². The van der Waals surface area contributed by atoms with Gasteiger partial charge in [0.1, 0.15) is 0 Å². The van der Waals surface area contributed by atoms with E-state index in [0.717, 1.165) is 38.5 Å². The molecule has 4 aromatic carbocycles. The molecule has 2 saturated carbocycles. The van der Waals surface area contributed by atoms with Gasteiger partial charge in [-0.3, -0.25) is 0 Å². The molecule has 0 bridgehead atoms. The molecule has 4 aliphatic carbocycles. The van der Waals surface area contributed by atoms with Crippen LogP contribution in [0.5, 0.6) is 0 Å². The van der Waals surface area contributed by atoms with E-state index in [1.807, 2.05) is 0 Å². The standard InChI is InChI=1S/C19H21BrO.C19H22O.2CH4/c1-11-3-4-14-15(7-11)13-5-6-19(2)10-12(21)8-17(19)16(13)9-18(14)20;1-12-3-4-13-5-6-16-15(17(13)9-12)7-8-19(2)11-14(20)10-18(16)19;;/h3-4,7,9,12,17,21H,5-6,8,10H2,1-2H3;3-6,9,14,18,20H,7-8,10-11H2,1-2H3;2*1H4/t12-,17-,19+;14-,18-,19+;;/m00../s1. The predicted molar refractivity (Wildman–Crippen MR) is 187 cm³/mol. The second-order valence-corrected chi connectivity index (χ2v) is 15.3. The van der Waals surface area contributed by atoms with E-state index < -0.39 is 0 Å². The van der Waals surface area contributed by atoms with E-state index >= 15 is 0 Å². The molecular formula is C40H51BrO2. The fourth-order valence-corrected chi connectivity index (χ4v) is 9.89. The Kier molecular flexibility index (Phi) is 8.70. The van der Waals surface area contributed by atoms with Crippen LogP contribution in [0, 0.1) is 24.7 Å². The molecule has 0 aromatic heterocycles. The second kappa shape index (κ2) is 11.6. The van der Waals surface area contributed by atoms with Gasteiger partial charge in [-0.15, -0.1) is 0 Å². The quantitative estimate of drug-likeness (QED) is 0.200. The normalized spacial score (nSPS) is 30.2. The van der Waals surface area contributed by atoms with Gasteiger partial charge in [0.15, 0.2) is 0 Å². The maximum absolute atomic E-state index is 10.2. The number of hydrogen-bond acceptors (Lipinski definition) is 2. The largest absolute Gasteiger partial charge is 0.393 e. The third kappa shape index (κ3) is 5.38. The van der Waals surface area contributed by atoms with Gasteiger partial charge in [-0.25, -0.2) is 0 Å². The minimum absolute atomic E-state index is 0. The average Bonchev–Trinajstić information content (AvgIpc) is 3.42. The number of aryl methyl sites for hydroxylation is 4. The zero-order chi connectivity index (χ0) is 28.7.